The highest BCUT2D eigenvalue weighted by Gasteiger charge is 2.08. The van der Waals surface area contributed by atoms with E-state index in [0.717, 1.165) is 48.4 Å². The number of aromatic amines is 1. The first-order chi connectivity index (χ1) is 12.7. The Morgan fingerprint density at radius 1 is 1.31 bits per heavy atom. The predicted molar refractivity (Wildman–Crippen MR) is 109 cm³/mol. The minimum Gasteiger partial charge on any atom is -0.361 e. The first-order valence-electron chi connectivity index (χ1n) is 8.94. The van der Waals surface area contributed by atoms with Crippen LogP contribution in [-0.4, -0.2) is 42.5 Å². The van der Waals surface area contributed by atoms with Crippen molar-refractivity contribution in [1.82, 2.24) is 15.2 Å². The van der Waals surface area contributed by atoms with Crippen molar-refractivity contribution < 1.29 is 4.39 Å². The van der Waals surface area contributed by atoms with Crippen LogP contribution < -0.4 is 5.32 Å². The molecule has 1 aromatic carbocycles. The lowest BCUT2D eigenvalue weighted by atomic mass is 10.1. The van der Waals surface area contributed by atoms with Gasteiger partial charge in [-0.1, -0.05) is 6.07 Å². The number of halogens is 1. The molecule has 3 rings (SSSR count). The summed E-state index contributed by atoms with van der Waals surface area (Å²) in [4.78, 5) is 11.5. The van der Waals surface area contributed by atoms with Crippen molar-refractivity contribution in [2.75, 3.05) is 26.7 Å². The third-order valence-corrected chi connectivity index (χ3v) is 5.28. The summed E-state index contributed by atoms with van der Waals surface area (Å²) < 4.78 is 13.5. The van der Waals surface area contributed by atoms with E-state index in [0.29, 0.717) is 6.54 Å². The lowest BCUT2D eigenvalue weighted by molar-refractivity contribution is 0.487. The Hall–Kier alpha value is -2.34. The first-order valence-corrected chi connectivity index (χ1v) is 9.82. The van der Waals surface area contributed by atoms with Gasteiger partial charge in [-0.3, -0.25) is 4.99 Å². The molecule has 138 valence electrons. The molecule has 0 spiro atoms. The highest BCUT2D eigenvalue weighted by molar-refractivity contribution is 7.09. The van der Waals surface area contributed by atoms with Crippen LogP contribution >= 0.6 is 11.3 Å². The number of benzene rings is 1. The number of rotatable bonds is 7. The number of aromatic nitrogens is 1. The summed E-state index contributed by atoms with van der Waals surface area (Å²) in [5.74, 6) is 0.707. The average Bonchev–Trinajstić information content (AvgIpc) is 3.29. The fourth-order valence-corrected chi connectivity index (χ4v) is 3.65. The van der Waals surface area contributed by atoms with E-state index >= 15 is 0 Å². The second-order valence-electron chi connectivity index (χ2n) is 6.24. The summed E-state index contributed by atoms with van der Waals surface area (Å²) in [6.07, 6.45) is 3.74. The summed E-state index contributed by atoms with van der Waals surface area (Å²) in [5, 5.41) is 6.40. The highest BCUT2D eigenvalue weighted by Crippen LogP contribution is 2.19. The molecule has 0 fully saturated rings. The third-order valence-electron chi connectivity index (χ3n) is 4.34. The molecule has 0 aliphatic heterocycles. The molecule has 26 heavy (non-hydrogen) atoms. The van der Waals surface area contributed by atoms with Gasteiger partial charge in [0.25, 0.3) is 0 Å². The monoisotopic (exact) mass is 372 g/mol. The van der Waals surface area contributed by atoms with Gasteiger partial charge in [-0.15, -0.1) is 11.3 Å². The van der Waals surface area contributed by atoms with Crippen LogP contribution in [0.2, 0.25) is 0 Å². The molecule has 6 heteroatoms. The van der Waals surface area contributed by atoms with Crippen molar-refractivity contribution in [3.05, 3.63) is 58.2 Å². The Bertz CT molecular complexity index is 854. The maximum atomic E-state index is 13.5. The van der Waals surface area contributed by atoms with E-state index in [4.69, 9.17) is 4.99 Å². The summed E-state index contributed by atoms with van der Waals surface area (Å²) >= 11 is 1.79. The molecule has 0 amide bonds. The molecule has 2 aromatic heterocycles. The second-order valence-corrected chi connectivity index (χ2v) is 7.27. The minimum absolute atomic E-state index is 0.205. The van der Waals surface area contributed by atoms with Crippen LogP contribution in [0, 0.1) is 5.82 Å². The van der Waals surface area contributed by atoms with E-state index < -0.39 is 0 Å². The number of hydrogen-bond acceptors (Lipinski definition) is 2. The zero-order chi connectivity index (χ0) is 18.4. The fourth-order valence-electron chi connectivity index (χ4n) is 2.95. The zero-order valence-corrected chi connectivity index (χ0v) is 16.1. The summed E-state index contributed by atoms with van der Waals surface area (Å²) in [6.45, 7) is 4.49. The zero-order valence-electron chi connectivity index (χ0n) is 15.3. The number of nitrogens with zero attached hydrogens (tertiary/aromatic N) is 2. The first kappa shape index (κ1) is 18.5. The summed E-state index contributed by atoms with van der Waals surface area (Å²) in [7, 11) is 2.07. The number of hydrogen-bond donors (Lipinski definition) is 2. The van der Waals surface area contributed by atoms with E-state index in [1.54, 1.807) is 23.5 Å². The Morgan fingerprint density at radius 3 is 2.96 bits per heavy atom. The molecule has 0 bridgehead atoms. The Labute approximate surface area is 157 Å². The Morgan fingerprint density at radius 2 is 2.19 bits per heavy atom. The maximum Gasteiger partial charge on any atom is 0.193 e. The van der Waals surface area contributed by atoms with Gasteiger partial charge in [0.15, 0.2) is 5.96 Å². The molecule has 3 aromatic rings. The van der Waals surface area contributed by atoms with Crippen LogP contribution in [0.5, 0.6) is 0 Å². The number of H-pyrrole nitrogens is 1. The van der Waals surface area contributed by atoms with Crippen LogP contribution in [-0.2, 0) is 12.8 Å². The molecule has 0 radical (unpaired) electrons. The van der Waals surface area contributed by atoms with Crippen LogP contribution in [0.25, 0.3) is 10.9 Å². The van der Waals surface area contributed by atoms with Gasteiger partial charge in [-0.05, 0) is 55.0 Å². The van der Waals surface area contributed by atoms with Gasteiger partial charge in [0.05, 0.1) is 0 Å². The van der Waals surface area contributed by atoms with Gasteiger partial charge in [-0.25, -0.2) is 4.39 Å². The van der Waals surface area contributed by atoms with Crippen molar-refractivity contribution in [3.63, 3.8) is 0 Å². The van der Waals surface area contributed by atoms with Crippen molar-refractivity contribution in [1.29, 1.82) is 0 Å². The standard InChI is InChI=1S/C20H25FN4S/c1-3-22-20(25(2)11-9-17-5-4-12-26-17)23-10-8-15-14-24-19-7-6-16(21)13-18(15)19/h4-7,12-14,24H,3,8-11H2,1-2H3,(H,22,23). The number of thiophene rings is 1. The fraction of sp³-hybridized carbons (Fsp3) is 0.350. The molecule has 0 unspecified atom stereocenters. The van der Waals surface area contributed by atoms with Gasteiger partial charge in [-0.2, -0.15) is 0 Å². The normalized spacial score (nSPS) is 11.9. The topological polar surface area (TPSA) is 43.4 Å². The number of likely N-dealkylation sites (N-methyl/N-ethyl adjacent to an activating group) is 1. The van der Waals surface area contributed by atoms with Gasteiger partial charge in [0, 0.05) is 48.7 Å². The lowest BCUT2D eigenvalue weighted by Gasteiger charge is -2.21. The number of aliphatic imine (C=N–C) groups is 1. The summed E-state index contributed by atoms with van der Waals surface area (Å²) in [5.41, 5.74) is 2.06. The Kier molecular flexibility index (Phi) is 6.28. The maximum absolute atomic E-state index is 13.5. The predicted octanol–water partition coefficient (Wildman–Crippen LogP) is 4.05. The molecular weight excluding hydrogens is 347 g/mol. The smallest absolute Gasteiger partial charge is 0.193 e. The highest BCUT2D eigenvalue weighted by atomic mass is 32.1. The molecule has 0 atom stereocenters. The van der Waals surface area contributed by atoms with E-state index in [2.05, 4.69) is 46.7 Å². The van der Waals surface area contributed by atoms with Gasteiger partial charge < -0.3 is 15.2 Å². The largest absolute Gasteiger partial charge is 0.361 e. The van der Waals surface area contributed by atoms with Crippen LogP contribution in [0.15, 0.2) is 46.9 Å². The van der Waals surface area contributed by atoms with Gasteiger partial charge >= 0.3 is 0 Å². The van der Waals surface area contributed by atoms with Gasteiger partial charge in [0.2, 0.25) is 0 Å². The van der Waals surface area contributed by atoms with E-state index in [1.807, 2.05) is 6.20 Å². The van der Waals surface area contributed by atoms with Crippen molar-refractivity contribution in [2.45, 2.75) is 19.8 Å². The minimum atomic E-state index is -0.205. The molecule has 4 nitrogen and oxygen atoms in total. The van der Waals surface area contributed by atoms with E-state index in [1.165, 1.54) is 10.9 Å². The molecule has 0 aliphatic rings. The molecule has 0 saturated heterocycles. The van der Waals surface area contributed by atoms with Crippen LogP contribution in [0.1, 0.15) is 17.4 Å². The molecule has 0 aliphatic carbocycles. The van der Waals surface area contributed by atoms with Crippen molar-refractivity contribution in [2.24, 2.45) is 4.99 Å². The van der Waals surface area contributed by atoms with Gasteiger partial charge in [0.1, 0.15) is 5.82 Å². The van der Waals surface area contributed by atoms with Crippen LogP contribution in [0.4, 0.5) is 4.39 Å². The molecule has 2 heterocycles. The number of nitrogens with one attached hydrogen (secondary N) is 2. The second kappa shape index (κ2) is 8.85. The number of guanidine groups is 1. The number of fused-ring (bicyclic) bond motifs is 1. The lowest BCUT2D eigenvalue weighted by Crippen LogP contribution is -2.40. The van der Waals surface area contributed by atoms with E-state index in [-0.39, 0.29) is 5.82 Å². The van der Waals surface area contributed by atoms with Crippen LogP contribution in [0.3, 0.4) is 0 Å². The third kappa shape index (κ3) is 4.64. The quantitative estimate of drug-likeness (QED) is 0.485. The molecule has 2 N–H and O–H groups in total. The SMILES string of the molecule is CCNC(=NCCc1c[nH]c2ccc(F)cc12)N(C)CCc1cccs1. The van der Waals surface area contributed by atoms with E-state index in [9.17, 15) is 4.39 Å². The van der Waals surface area contributed by atoms with Crippen molar-refractivity contribution in [3.8, 4) is 0 Å². The average molecular weight is 373 g/mol. The molecular formula is C20H25FN4S. The molecule has 0 saturated carbocycles. The summed E-state index contributed by atoms with van der Waals surface area (Å²) in [6, 6.07) is 9.09. The van der Waals surface area contributed by atoms with Crippen molar-refractivity contribution >= 4 is 28.2 Å². The Balaban J connectivity index is 1.61.